The first-order valence-electron chi connectivity index (χ1n) is 7.82. The normalized spacial score (nSPS) is 11.0. The molecule has 26 heavy (non-hydrogen) atoms. The number of phenolic OH excluding ortho intramolecular Hbond substituents is 4. The molecule has 0 saturated carbocycles. The quantitative estimate of drug-likeness (QED) is 0.322. The summed E-state index contributed by atoms with van der Waals surface area (Å²) in [4.78, 5) is 12.9. The first-order chi connectivity index (χ1) is 12.3. The van der Waals surface area contributed by atoms with Crippen molar-refractivity contribution in [2.75, 3.05) is 7.11 Å². The van der Waals surface area contributed by atoms with Crippen LogP contribution in [0.25, 0.3) is 21.9 Å². The Kier molecular flexibility index (Phi) is 4.15. The summed E-state index contributed by atoms with van der Waals surface area (Å²) in [5.74, 6) is -1.65. The Morgan fingerprint density at radius 2 is 1.81 bits per heavy atom. The maximum absolute atomic E-state index is 12.9. The zero-order valence-electron chi connectivity index (χ0n) is 14.5. The molecule has 0 unspecified atom stereocenters. The molecule has 136 valence electrons. The van der Waals surface area contributed by atoms with E-state index in [1.807, 2.05) is 13.8 Å². The van der Waals surface area contributed by atoms with Gasteiger partial charge >= 0.3 is 0 Å². The van der Waals surface area contributed by atoms with Crippen molar-refractivity contribution in [3.05, 3.63) is 39.6 Å². The lowest BCUT2D eigenvalue weighted by Crippen LogP contribution is -2.05. The standard InChI is InChI=1S/C19H18O7/c1-8(2)4-5-10-15(22)14-16(23)13-11(21)6-9(20)7-12(13)26-19(14)17(24)18(10)25-3/h4,6-7,20-22,24H,5H2,1-3H3. The average molecular weight is 358 g/mol. The van der Waals surface area contributed by atoms with Crippen molar-refractivity contribution in [1.82, 2.24) is 0 Å². The lowest BCUT2D eigenvalue weighted by molar-refractivity contribution is 0.363. The minimum atomic E-state index is -0.729. The predicted molar refractivity (Wildman–Crippen MR) is 96.3 cm³/mol. The van der Waals surface area contributed by atoms with Gasteiger partial charge in [-0.2, -0.15) is 0 Å². The third-order valence-electron chi connectivity index (χ3n) is 4.10. The summed E-state index contributed by atoms with van der Waals surface area (Å²) in [6, 6.07) is 2.13. The number of fused-ring (bicyclic) bond motifs is 2. The molecule has 0 aliphatic carbocycles. The second-order valence-corrected chi connectivity index (χ2v) is 6.17. The highest BCUT2D eigenvalue weighted by Crippen LogP contribution is 2.45. The fourth-order valence-corrected chi connectivity index (χ4v) is 2.89. The van der Waals surface area contributed by atoms with Gasteiger partial charge < -0.3 is 29.6 Å². The van der Waals surface area contributed by atoms with Gasteiger partial charge in [-0.15, -0.1) is 0 Å². The number of allylic oxidation sites excluding steroid dienone is 2. The van der Waals surface area contributed by atoms with E-state index in [0.29, 0.717) is 0 Å². The Morgan fingerprint density at radius 3 is 2.42 bits per heavy atom. The van der Waals surface area contributed by atoms with Crippen LogP contribution in [0.3, 0.4) is 0 Å². The third-order valence-corrected chi connectivity index (χ3v) is 4.10. The van der Waals surface area contributed by atoms with Crippen molar-refractivity contribution in [2.24, 2.45) is 0 Å². The molecule has 0 amide bonds. The SMILES string of the molecule is COc1c(CC=C(C)C)c(O)c2c(=O)c3c(O)cc(O)cc3oc2c1O. The van der Waals surface area contributed by atoms with Gasteiger partial charge in [-0.3, -0.25) is 4.79 Å². The first kappa shape index (κ1) is 17.5. The molecule has 1 aromatic heterocycles. The van der Waals surface area contributed by atoms with Crippen molar-refractivity contribution in [3.8, 4) is 28.7 Å². The number of methoxy groups -OCH3 is 1. The van der Waals surface area contributed by atoms with E-state index in [4.69, 9.17) is 9.15 Å². The zero-order valence-corrected chi connectivity index (χ0v) is 14.5. The molecule has 0 aliphatic heterocycles. The van der Waals surface area contributed by atoms with Gasteiger partial charge in [0.05, 0.1) is 7.11 Å². The largest absolute Gasteiger partial charge is 0.508 e. The van der Waals surface area contributed by atoms with Gasteiger partial charge in [0.1, 0.15) is 33.6 Å². The van der Waals surface area contributed by atoms with Crippen LogP contribution in [-0.4, -0.2) is 27.5 Å². The second kappa shape index (κ2) is 6.18. The van der Waals surface area contributed by atoms with E-state index in [1.54, 1.807) is 6.08 Å². The molecular formula is C19H18O7. The molecule has 3 rings (SSSR count). The highest BCUT2D eigenvalue weighted by molar-refractivity contribution is 6.00. The highest BCUT2D eigenvalue weighted by Gasteiger charge is 2.25. The van der Waals surface area contributed by atoms with Crippen molar-refractivity contribution < 1.29 is 29.6 Å². The maximum Gasteiger partial charge on any atom is 0.208 e. The van der Waals surface area contributed by atoms with Crippen LogP contribution in [0, 0.1) is 0 Å². The average Bonchev–Trinajstić information content (AvgIpc) is 2.55. The lowest BCUT2D eigenvalue weighted by atomic mass is 10.0. The molecule has 0 atom stereocenters. The van der Waals surface area contributed by atoms with Crippen LogP contribution in [0.5, 0.6) is 28.7 Å². The van der Waals surface area contributed by atoms with Gasteiger partial charge in [-0.05, 0) is 20.3 Å². The molecular weight excluding hydrogens is 340 g/mol. The Bertz CT molecular complexity index is 1120. The van der Waals surface area contributed by atoms with Gasteiger partial charge in [0.15, 0.2) is 11.3 Å². The Labute approximate surface area is 148 Å². The van der Waals surface area contributed by atoms with Gasteiger partial charge in [-0.1, -0.05) is 11.6 Å². The third kappa shape index (κ3) is 2.57. The topological polar surface area (TPSA) is 120 Å². The molecule has 0 spiro atoms. The van der Waals surface area contributed by atoms with E-state index in [9.17, 15) is 25.2 Å². The van der Waals surface area contributed by atoms with E-state index < -0.39 is 22.7 Å². The molecule has 0 bridgehead atoms. The number of benzene rings is 2. The molecule has 7 nitrogen and oxygen atoms in total. The monoisotopic (exact) mass is 358 g/mol. The van der Waals surface area contributed by atoms with E-state index in [-0.39, 0.29) is 45.4 Å². The van der Waals surface area contributed by atoms with Gasteiger partial charge in [-0.25, -0.2) is 0 Å². The molecule has 0 fully saturated rings. The van der Waals surface area contributed by atoms with Crippen LogP contribution in [0.2, 0.25) is 0 Å². The lowest BCUT2D eigenvalue weighted by Gasteiger charge is -2.14. The van der Waals surface area contributed by atoms with Gasteiger partial charge in [0.2, 0.25) is 11.2 Å². The van der Waals surface area contributed by atoms with Gasteiger partial charge in [0.25, 0.3) is 0 Å². The molecule has 3 aromatic rings. The van der Waals surface area contributed by atoms with Crippen LogP contribution < -0.4 is 10.2 Å². The van der Waals surface area contributed by atoms with Crippen LogP contribution in [-0.2, 0) is 6.42 Å². The van der Waals surface area contributed by atoms with E-state index in [1.165, 1.54) is 7.11 Å². The minimum absolute atomic E-state index is 0.0145. The van der Waals surface area contributed by atoms with Crippen molar-refractivity contribution in [3.63, 3.8) is 0 Å². The van der Waals surface area contributed by atoms with E-state index in [2.05, 4.69) is 0 Å². The number of phenols is 4. The molecule has 4 N–H and O–H groups in total. The summed E-state index contributed by atoms with van der Waals surface area (Å²) in [6.45, 7) is 3.74. The number of aromatic hydroxyl groups is 4. The predicted octanol–water partition coefficient (Wildman–Crippen LogP) is 3.29. The Hall–Kier alpha value is -3.35. The number of hydrogen-bond acceptors (Lipinski definition) is 7. The van der Waals surface area contributed by atoms with Crippen molar-refractivity contribution >= 4 is 21.9 Å². The van der Waals surface area contributed by atoms with Crippen LogP contribution in [0.4, 0.5) is 0 Å². The zero-order chi connectivity index (χ0) is 19.2. The smallest absolute Gasteiger partial charge is 0.208 e. The van der Waals surface area contributed by atoms with Crippen LogP contribution >= 0.6 is 0 Å². The highest BCUT2D eigenvalue weighted by atomic mass is 16.5. The molecule has 7 heteroatoms. The van der Waals surface area contributed by atoms with Crippen LogP contribution in [0.1, 0.15) is 19.4 Å². The molecule has 0 radical (unpaired) electrons. The summed E-state index contributed by atoms with van der Waals surface area (Å²) in [6.07, 6.45) is 2.03. The Balaban J connectivity index is 2.52. The summed E-state index contributed by atoms with van der Waals surface area (Å²) in [5, 5.41) is 40.3. The summed E-state index contributed by atoms with van der Waals surface area (Å²) < 4.78 is 10.7. The van der Waals surface area contributed by atoms with Crippen LogP contribution in [0.15, 0.2) is 33.0 Å². The van der Waals surface area contributed by atoms with Crippen molar-refractivity contribution in [1.29, 1.82) is 0 Å². The minimum Gasteiger partial charge on any atom is -0.508 e. The fourth-order valence-electron chi connectivity index (χ4n) is 2.89. The second-order valence-electron chi connectivity index (χ2n) is 6.17. The Morgan fingerprint density at radius 1 is 1.12 bits per heavy atom. The number of ether oxygens (including phenoxy) is 1. The number of hydrogen-bond donors (Lipinski definition) is 4. The molecule has 1 heterocycles. The van der Waals surface area contributed by atoms with Crippen molar-refractivity contribution in [2.45, 2.75) is 20.3 Å². The number of rotatable bonds is 3. The summed E-state index contributed by atoms with van der Waals surface area (Å²) in [7, 11) is 1.32. The molecule has 2 aromatic carbocycles. The van der Waals surface area contributed by atoms with E-state index in [0.717, 1.165) is 17.7 Å². The summed E-state index contributed by atoms with van der Waals surface area (Å²) in [5.41, 5.74) is 0.0533. The molecule has 0 aliphatic rings. The maximum atomic E-state index is 12.9. The molecule has 0 saturated heterocycles. The van der Waals surface area contributed by atoms with E-state index >= 15 is 0 Å². The summed E-state index contributed by atoms with van der Waals surface area (Å²) >= 11 is 0. The van der Waals surface area contributed by atoms with Gasteiger partial charge in [0, 0.05) is 17.7 Å². The first-order valence-corrected chi connectivity index (χ1v) is 7.82. The fraction of sp³-hybridized carbons (Fsp3) is 0.211.